The van der Waals surface area contributed by atoms with Crippen LogP contribution in [0.25, 0.3) is 5.78 Å². The van der Waals surface area contributed by atoms with Gasteiger partial charge in [0.1, 0.15) is 5.69 Å². The van der Waals surface area contributed by atoms with Crippen LogP contribution in [0.1, 0.15) is 30.1 Å². The molecule has 0 unspecified atom stereocenters. The Morgan fingerprint density at radius 2 is 2.15 bits per heavy atom. The molecule has 1 fully saturated rings. The van der Waals surface area contributed by atoms with Gasteiger partial charge in [-0.3, -0.25) is 4.72 Å². The molecule has 3 heterocycles. The molecule has 27 heavy (non-hydrogen) atoms. The number of nitrogens with one attached hydrogen (secondary N) is 1. The summed E-state index contributed by atoms with van der Waals surface area (Å²) in [5, 5.41) is 5.36. The number of fused-ring (bicyclic) bond motifs is 1. The minimum absolute atomic E-state index is 0.0572. The van der Waals surface area contributed by atoms with Crippen LogP contribution in [0.3, 0.4) is 0 Å². The number of sulfonamides is 1. The smallest absolute Gasteiger partial charge is 0.437 e. The Morgan fingerprint density at radius 1 is 1.37 bits per heavy atom. The maximum Gasteiger partial charge on any atom is 0.514 e. The lowest BCUT2D eigenvalue weighted by atomic mass is 10.2. The molecule has 1 aliphatic carbocycles. The lowest BCUT2D eigenvalue weighted by Gasteiger charge is -2.06. The van der Waals surface area contributed by atoms with E-state index in [2.05, 4.69) is 24.5 Å². The highest BCUT2D eigenvalue weighted by Gasteiger charge is 2.30. The van der Waals surface area contributed by atoms with Crippen LogP contribution in [0.4, 0.5) is 10.5 Å². The van der Waals surface area contributed by atoms with Crippen molar-refractivity contribution in [2.75, 3.05) is 11.8 Å². The van der Waals surface area contributed by atoms with Gasteiger partial charge in [0.15, 0.2) is 0 Å². The molecule has 0 radical (unpaired) electrons. The van der Waals surface area contributed by atoms with Crippen molar-refractivity contribution in [3.8, 4) is 5.06 Å². The molecule has 1 saturated carbocycles. The molecule has 0 spiro atoms. The first-order valence-corrected chi connectivity index (χ1v) is 10.3. The number of thiophene rings is 1. The number of aromatic nitrogens is 4. The quantitative estimate of drug-likeness (QED) is 0.637. The summed E-state index contributed by atoms with van der Waals surface area (Å²) < 4.78 is 38.6. The summed E-state index contributed by atoms with van der Waals surface area (Å²) >= 11 is 1.04. The van der Waals surface area contributed by atoms with E-state index in [1.165, 1.54) is 10.6 Å². The summed E-state index contributed by atoms with van der Waals surface area (Å²) in [4.78, 5) is 19.6. The Bertz CT molecular complexity index is 1130. The third-order valence-electron chi connectivity index (χ3n) is 3.90. The lowest BCUT2D eigenvalue weighted by Crippen LogP contribution is -2.16. The fraction of sp³-hybridized carbons (Fsp3) is 0.333. The van der Waals surface area contributed by atoms with Gasteiger partial charge < -0.3 is 9.47 Å². The van der Waals surface area contributed by atoms with Gasteiger partial charge in [0.25, 0.3) is 21.0 Å². The SMILES string of the molecule is COC(=O)Oc1sccc1NS(=O)(=O)c1nc2nc(C)cc(C3CC3)n2n1. The van der Waals surface area contributed by atoms with Crippen LogP contribution in [0.2, 0.25) is 0 Å². The molecular weight excluding hydrogens is 394 g/mol. The Kier molecular flexibility index (Phi) is 4.23. The van der Waals surface area contributed by atoms with Crippen LogP contribution >= 0.6 is 11.3 Å². The molecule has 0 aliphatic heterocycles. The van der Waals surface area contributed by atoms with E-state index in [-0.39, 0.29) is 16.5 Å². The predicted octanol–water partition coefficient (Wildman–Crippen LogP) is 2.32. The van der Waals surface area contributed by atoms with Crippen molar-refractivity contribution in [2.24, 2.45) is 0 Å². The van der Waals surface area contributed by atoms with Crippen molar-refractivity contribution in [1.82, 2.24) is 19.6 Å². The largest absolute Gasteiger partial charge is 0.514 e. The first-order chi connectivity index (χ1) is 12.9. The van der Waals surface area contributed by atoms with Gasteiger partial charge in [0.05, 0.1) is 12.8 Å². The number of rotatable bonds is 5. The molecule has 1 aliphatic rings. The average Bonchev–Trinajstić information content (AvgIpc) is 3.24. The van der Waals surface area contributed by atoms with Crippen LogP contribution in [0, 0.1) is 6.92 Å². The van der Waals surface area contributed by atoms with E-state index in [9.17, 15) is 13.2 Å². The minimum Gasteiger partial charge on any atom is -0.437 e. The maximum absolute atomic E-state index is 12.7. The second kappa shape index (κ2) is 6.46. The highest BCUT2D eigenvalue weighted by molar-refractivity contribution is 7.92. The lowest BCUT2D eigenvalue weighted by molar-refractivity contribution is 0.123. The average molecular weight is 409 g/mol. The number of hydrogen-bond acceptors (Lipinski definition) is 9. The Labute approximate surface area is 158 Å². The summed E-state index contributed by atoms with van der Waals surface area (Å²) in [5.41, 5.74) is 1.74. The van der Waals surface area contributed by atoms with E-state index in [4.69, 9.17) is 4.74 Å². The van der Waals surface area contributed by atoms with Crippen LogP contribution in [0.5, 0.6) is 5.06 Å². The normalized spacial score (nSPS) is 14.3. The van der Waals surface area contributed by atoms with Crippen molar-refractivity contribution in [1.29, 1.82) is 0 Å². The number of carbonyl (C=O) groups is 1. The van der Waals surface area contributed by atoms with Crippen LogP contribution in [0.15, 0.2) is 22.7 Å². The molecule has 142 valence electrons. The summed E-state index contributed by atoms with van der Waals surface area (Å²) in [6, 6.07) is 3.36. The minimum atomic E-state index is -4.10. The van der Waals surface area contributed by atoms with Gasteiger partial charge in [-0.25, -0.2) is 9.78 Å². The number of carbonyl (C=O) groups excluding carboxylic acids is 1. The maximum atomic E-state index is 12.7. The highest BCUT2D eigenvalue weighted by atomic mass is 32.2. The fourth-order valence-corrected chi connectivity index (χ4v) is 4.22. The highest BCUT2D eigenvalue weighted by Crippen LogP contribution is 2.40. The summed E-state index contributed by atoms with van der Waals surface area (Å²) in [6.45, 7) is 1.83. The van der Waals surface area contributed by atoms with Crippen molar-refractivity contribution >= 4 is 39.0 Å². The second-order valence-corrected chi connectivity index (χ2v) is 8.44. The molecule has 1 N–H and O–H groups in total. The van der Waals surface area contributed by atoms with Crippen LogP contribution < -0.4 is 9.46 Å². The molecule has 12 heteroatoms. The van der Waals surface area contributed by atoms with E-state index in [1.807, 2.05) is 13.0 Å². The zero-order chi connectivity index (χ0) is 19.2. The number of methoxy groups -OCH3 is 1. The number of nitrogens with zero attached hydrogens (tertiary/aromatic N) is 4. The van der Waals surface area contributed by atoms with Crippen molar-refractivity contribution in [2.45, 2.75) is 30.8 Å². The summed E-state index contributed by atoms with van der Waals surface area (Å²) in [7, 11) is -2.94. The number of ether oxygens (including phenoxy) is 2. The van der Waals surface area contributed by atoms with Crippen LogP contribution in [-0.2, 0) is 14.8 Å². The van der Waals surface area contributed by atoms with Crippen molar-refractivity contribution in [3.63, 3.8) is 0 Å². The number of anilines is 1. The van der Waals surface area contributed by atoms with Gasteiger partial charge in [-0.2, -0.15) is 17.9 Å². The molecule has 0 aromatic carbocycles. The van der Waals surface area contributed by atoms with Gasteiger partial charge in [-0.05, 0) is 37.3 Å². The molecule has 0 atom stereocenters. The van der Waals surface area contributed by atoms with E-state index in [0.29, 0.717) is 5.92 Å². The van der Waals surface area contributed by atoms with Gasteiger partial charge in [0, 0.05) is 11.6 Å². The monoisotopic (exact) mass is 409 g/mol. The zero-order valence-electron chi connectivity index (χ0n) is 14.4. The van der Waals surface area contributed by atoms with Gasteiger partial charge in [-0.15, -0.1) is 16.4 Å². The van der Waals surface area contributed by atoms with Crippen molar-refractivity contribution < 1.29 is 22.7 Å². The third-order valence-corrected chi connectivity index (χ3v) is 5.83. The Morgan fingerprint density at radius 3 is 2.85 bits per heavy atom. The topological polar surface area (TPSA) is 125 Å². The van der Waals surface area contributed by atoms with Crippen LogP contribution in [-0.4, -0.2) is 41.3 Å². The van der Waals surface area contributed by atoms with Gasteiger partial charge in [0.2, 0.25) is 5.06 Å². The van der Waals surface area contributed by atoms with E-state index < -0.39 is 21.3 Å². The van der Waals surface area contributed by atoms with Gasteiger partial charge >= 0.3 is 6.16 Å². The second-order valence-electron chi connectivity index (χ2n) is 5.99. The molecular formula is C15H15N5O5S2. The Hall–Kier alpha value is -2.73. The Balaban J connectivity index is 1.68. The van der Waals surface area contributed by atoms with E-state index in [1.54, 1.807) is 5.38 Å². The third kappa shape index (κ3) is 3.45. The standard InChI is InChI=1S/C15H15N5O5S2/c1-8-7-11(9-3-4-9)20-13(16-8)17-14(18-20)27(22,23)19-10-5-6-26-12(10)25-15(21)24-2/h5-7,9,19H,3-4H2,1-2H3. The van der Waals surface area contributed by atoms with Crippen molar-refractivity contribution in [3.05, 3.63) is 28.9 Å². The van der Waals surface area contributed by atoms with E-state index in [0.717, 1.165) is 42.7 Å². The summed E-state index contributed by atoms with van der Waals surface area (Å²) in [5.74, 6) is 0.574. The zero-order valence-corrected chi connectivity index (χ0v) is 16.0. The molecule has 0 amide bonds. The first kappa shape index (κ1) is 17.7. The van der Waals surface area contributed by atoms with Gasteiger partial charge in [-0.1, -0.05) is 0 Å². The predicted molar refractivity (Wildman–Crippen MR) is 95.7 cm³/mol. The molecule has 0 saturated heterocycles. The molecule has 4 rings (SSSR count). The molecule has 3 aromatic rings. The molecule has 3 aromatic heterocycles. The summed E-state index contributed by atoms with van der Waals surface area (Å²) in [6.07, 6.45) is 1.11. The first-order valence-electron chi connectivity index (χ1n) is 7.98. The number of hydrogen-bond donors (Lipinski definition) is 1. The molecule has 0 bridgehead atoms. The molecule has 10 nitrogen and oxygen atoms in total. The fourth-order valence-electron chi connectivity index (χ4n) is 2.54. The van der Waals surface area contributed by atoms with E-state index >= 15 is 0 Å². The number of aryl methyl sites for hydroxylation is 1.